The van der Waals surface area contributed by atoms with Crippen molar-refractivity contribution < 1.29 is 17.9 Å². The van der Waals surface area contributed by atoms with E-state index in [4.69, 9.17) is 5.84 Å². The van der Waals surface area contributed by atoms with Gasteiger partial charge in [0, 0.05) is 5.54 Å². The lowest BCUT2D eigenvalue weighted by atomic mass is 9.84. The Hall–Kier alpha value is -1.31. The summed E-state index contributed by atoms with van der Waals surface area (Å²) in [7, 11) is 3.81. The van der Waals surface area contributed by atoms with Crippen molar-refractivity contribution >= 4 is 0 Å². The summed E-state index contributed by atoms with van der Waals surface area (Å²) in [6.45, 7) is 4.00. The third-order valence-electron chi connectivity index (χ3n) is 3.95. The van der Waals surface area contributed by atoms with Gasteiger partial charge in [0.15, 0.2) is 0 Å². The quantitative estimate of drug-likeness (QED) is 0.627. The smallest absolute Gasteiger partial charge is 0.406 e. The summed E-state index contributed by atoms with van der Waals surface area (Å²) in [5.41, 5.74) is 2.98. The SMILES string of the molecule is CCC(C)(C(NN)c1cccc(OC(F)(F)F)c1)N(C)C. The molecule has 0 aromatic heterocycles. The Kier molecular flexibility index (Phi) is 5.61. The van der Waals surface area contributed by atoms with E-state index >= 15 is 0 Å². The van der Waals surface area contributed by atoms with Gasteiger partial charge >= 0.3 is 6.36 Å². The van der Waals surface area contributed by atoms with Crippen molar-refractivity contribution in [1.29, 1.82) is 0 Å². The highest BCUT2D eigenvalue weighted by Crippen LogP contribution is 2.34. The molecule has 0 heterocycles. The number of nitrogens with zero attached hydrogens (tertiary/aromatic N) is 1. The number of rotatable bonds is 6. The minimum absolute atomic E-state index is 0.252. The number of hydrogen-bond donors (Lipinski definition) is 2. The highest BCUT2D eigenvalue weighted by molar-refractivity contribution is 5.32. The van der Waals surface area contributed by atoms with Gasteiger partial charge in [-0.3, -0.25) is 11.3 Å². The zero-order chi connectivity index (χ0) is 16.3. The zero-order valence-corrected chi connectivity index (χ0v) is 12.7. The lowest BCUT2D eigenvalue weighted by Gasteiger charge is -2.42. The van der Waals surface area contributed by atoms with Crippen molar-refractivity contribution in [3.05, 3.63) is 29.8 Å². The molecule has 0 spiro atoms. The molecule has 0 saturated heterocycles. The van der Waals surface area contributed by atoms with Crippen molar-refractivity contribution in [2.75, 3.05) is 14.1 Å². The Labute approximate surface area is 123 Å². The molecule has 3 N–H and O–H groups in total. The number of hydrogen-bond acceptors (Lipinski definition) is 4. The molecule has 0 aliphatic rings. The second-order valence-corrected chi connectivity index (χ2v) is 5.33. The fourth-order valence-corrected chi connectivity index (χ4v) is 2.30. The summed E-state index contributed by atoms with van der Waals surface area (Å²) < 4.78 is 40.9. The third kappa shape index (κ3) is 4.33. The van der Waals surface area contributed by atoms with Gasteiger partial charge in [0.25, 0.3) is 0 Å². The van der Waals surface area contributed by atoms with E-state index in [1.807, 2.05) is 32.8 Å². The van der Waals surface area contributed by atoms with Crippen LogP contribution in [0.5, 0.6) is 5.75 Å². The minimum atomic E-state index is -4.71. The first kappa shape index (κ1) is 17.7. The monoisotopic (exact) mass is 305 g/mol. The van der Waals surface area contributed by atoms with Crippen molar-refractivity contribution in [3.63, 3.8) is 0 Å². The predicted molar refractivity (Wildman–Crippen MR) is 75.6 cm³/mol. The molecule has 0 radical (unpaired) electrons. The minimum Gasteiger partial charge on any atom is -0.406 e. The van der Waals surface area contributed by atoms with Crippen LogP contribution in [-0.2, 0) is 0 Å². The summed E-state index contributed by atoms with van der Waals surface area (Å²) in [6, 6.07) is 5.53. The van der Waals surface area contributed by atoms with E-state index in [0.717, 1.165) is 6.42 Å². The number of likely N-dealkylation sites (N-methyl/N-ethyl adjacent to an activating group) is 1. The summed E-state index contributed by atoms with van der Waals surface area (Å²) in [6.07, 6.45) is -3.95. The molecular weight excluding hydrogens is 283 g/mol. The molecule has 0 fully saturated rings. The maximum atomic E-state index is 12.3. The molecule has 0 saturated carbocycles. The molecule has 21 heavy (non-hydrogen) atoms. The van der Waals surface area contributed by atoms with Gasteiger partial charge in [-0.2, -0.15) is 0 Å². The fraction of sp³-hybridized carbons (Fsp3) is 0.571. The molecule has 1 aromatic carbocycles. The van der Waals surface area contributed by atoms with Crippen LogP contribution in [0.1, 0.15) is 31.9 Å². The maximum Gasteiger partial charge on any atom is 0.573 e. The van der Waals surface area contributed by atoms with Gasteiger partial charge in [0.1, 0.15) is 5.75 Å². The van der Waals surface area contributed by atoms with E-state index < -0.39 is 6.36 Å². The number of benzene rings is 1. The van der Waals surface area contributed by atoms with Crippen LogP contribution in [0.2, 0.25) is 0 Å². The maximum absolute atomic E-state index is 12.3. The standard InChI is InChI=1S/C14H22F3N3O/c1-5-13(2,20(3)4)12(19-18)10-7-6-8-11(9-10)21-14(15,16)17/h6-9,12,19H,5,18H2,1-4H3. The molecule has 2 atom stereocenters. The number of nitrogens with one attached hydrogen (secondary N) is 1. The molecule has 0 aliphatic carbocycles. The molecule has 1 rings (SSSR count). The molecule has 7 heteroatoms. The lowest BCUT2D eigenvalue weighted by molar-refractivity contribution is -0.274. The normalized spacial score (nSPS) is 16.6. The van der Waals surface area contributed by atoms with Gasteiger partial charge in [-0.15, -0.1) is 13.2 Å². The number of ether oxygens (including phenoxy) is 1. The van der Waals surface area contributed by atoms with Gasteiger partial charge in [-0.25, -0.2) is 0 Å². The number of hydrazine groups is 1. The van der Waals surface area contributed by atoms with Crippen LogP contribution in [0, 0.1) is 0 Å². The van der Waals surface area contributed by atoms with Crippen LogP contribution in [0.4, 0.5) is 13.2 Å². The van der Waals surface area contributed by atoms with Crippen LogP contribution >= 0.6 is 0 Å². The van der Waals surface area contributed by atoms with Crippen LogP contribution in [0.3, 0.4) is 0 Å². The number of alkyl halides is 3. The average Bonchev–Trinajstić information content (AvgIpc) is 2.37. The van der Waals surface area contributed by atoms with Crippen molar-refractivity contribution in [2.24, 2.45) is 5.84 Å². The summed E-state index contributed by atoms with van der Waals surface area (Å²) >= 11 is 0. The summed E-state index contributed by atoms with van der Waals surface area (Å²) in [4.78, 5) is 1.99. The molecule has 1 aromatic rings. The molecular formula is C14H22F3N3O. The van der Waals surface area contributed by atoms with Crippen molar-refractivity contribution in [1.82, 2.24) is 10.3 Å². The fourth-order valence-electron chi connectivity index (χ4n) is 2.30. The lowest BCUT2D eigenvalue weighted by Crippen LogP contribution is -2.52. The largest absolute Gasteiger partial charge is 0.573 e. The number of halogens is 3. The first-order chi connectivity index (χ1) is 9.64. The van der Waals surface area contributed by atoms with Gasteiger partial charge in [0.2, 0.25) is 0 Å². The Bertz CT molecular complexity index is 465. The van der Waals surface area contributed by atoms with Crippen molar-refractivity contribution in [2.45, 2.75) is 38.2 Å². The van der Waals surface area contributed by atoms with Crippen LogP contribution < -0.4 is 16.0 Å². The van der Waals surface area contributed by atoms with E-state index in [9.17, 15) is 13.2 Å². The van der Waals surface area contributed by atoms with E-state index in [-0.39, 0.29) is 17.3 Å². The van der Waals surface area contributed by atoms with Gasteiger partial charge in [-0.1, -0.05) is 19.1 Å². The highest BCUT2D eigenvalue weighted by Gasteiger charge is 2.36. The second-order valence-electron chi connectivity index (χ2n) is 5.33. The Balaban J connectivity index is 3.15. The zero-order valence-electron chi connectivity index (χ0n) is 12.7. The highest BCUT2D eigenvalue weighted by atomic mass is 19.4. The van der Waals surface area contributed by atoms with E-state index in [2.05, 4.69) is 10.2 Å². The molecule has 0 bridgehead atoms. The first-order valence-electron chi connectivity index (χ1n) is 6.63. The van der Waals surface area contributed by atoms with E-state index in [0.29, 0.717) is 5.56 Å². The molecule has 0 amide bonds. The summed E-state index contributed by atoms with van der Waals surface area (Å²) in [5.74, 6) is 5.39. The van der Waals surface area contributed by atoms with Crippen LogP contribution in [-0.4, -0.2) is 30.9 Å². The topological polar surface area (TPSA) is 50.5 Å². The second kappa shape index (κ2) is 6.64. The summed E-state index contributed by atoms with van der Waals surface area (Å²) in [5, 5.41) is 0. The van der Waals surface area contributed by atoms with E-state index in [1.165, 1.54) is 18.2 Å². The van der Waals surface area contributed by atoms with Crippen LogP contribution in [0.15, 0.2) is 24.3 Å². The van der Waals surface area contributed by atoms with Crippen LogP contribution in [0.25, 0.3) is 0 Å². The average molecular weight is 305 g/mol. The molecule has 0 aliphatic heterocycles. The van der Waals surface area contributed by atoms with E-state index in [1.54, 1.807) is 6.07 Å². The molecule has 120 valence electrons. The van der Waals surface area contributed by atoms with Gasteiger partial charge < -0.3 is 9.64 Å². The molecule has 4 nitrogen and oxygen atoms in total. The van der Waals surface area contributed by atoms with Gasteiger partial charge in [0.05, 0.1) is 6.04 Å². The Morgan fingerprint density at radius 2 is 1.95 bits per heavy atom. The van der Waals surface area contributed by atoms with Crippen molar-refractivity contribution in [3.8, 4) is 5.75 Å². The Morgan fingerprint density at radius 3 is 2.38 bits per heavy atom. The molecule has 2 unspecified atom stereocenters. The first-order valence-corrected chi connectivity index (χ1v) is 6.63. The third-order valence-corrected chi connectivity index (χ3v) is 3.95. The predicted octanol–water partition coefficient (Wildman–Crippen LogP) is 2.82. The Morgan fingerprint density at radius 1 is 1.33 bits per heavy atom. The number of nitrogens with two attached hydrogens (primary N) is 1. The van der Waals surface area contributed by atoms with Gasteiger partial charge in [-0.05, 0) is 45.1 Å².